The van der Waals surface area contributed by atoms with Gasteiger partial charge in [0, 0.05) is 18.8 Å². The topological polar surface area (TPSA) is 91.8 Å². The number of amides is 2. The van der Waals surface area contributed by atoms with Gasteiger partial charge in [-0.15, -0.1) is 0 Å². The Kier molecular flexibility index (Phi) is 6.35. The van der Waals surface area contributed by atoms with Crippen LogP contribution in [0.5, 0.6) is 5.75 Å². The van der Waals surface area contributed by atoms with Gasteiger partial charge in [-0.25, -0.2) is 0 Å². The van der Waals surface area contributed by atoms with Crippen molar-refractivity contribution in [2.24, 2.45) is 0 Å². The minimum atomic E-state index is -1.13. The molecule has 7 heteroatoms. The van der Waals surface area contributed by atoms with E-state index in [-0.39, 0.29) is 18.2 Å². The summed E-state index contributed by atoms with van der Waals surface area (Å²) in [7, 11) is 1.62. The summed E-state index contributed by atoms with van der Waals surface area (Å²) in [6, 6.07) is 17.5. The van der Waals surface area contributed by atoms with E-state index in [1.54, 1.807) is 51.4 Å². The van der Waals surface area contributed by atoms with E-state index in [1.807, 2.05) is 36.4 Å². The molecule has 1 aromatic heterocycles. The third-order valence-corrected chi connectivity index (χ3v) is 5.27. The van der Waals surface area contributed by atoms with E-state index in [9.17, 15) is 14.7 Å². The number of ether oxygens (including phenoxy) is 1. The van der Waals surface area contributed by atoms with Crippen molar-refractivity contribution in [1.29, 1.82) is 0 Å². The summed E-state index contributed by atoms with van der Waals surface area (Å²) in [5.74, 6) is 5.38. The highest BCUT2D eigenvalue weighted by Gasteiger charge is 2.31. The van der Waals surface area contributed by atoms with Crippen LogP contribution in [0.1, 0.15) is 29.9 Å². The highest BCUT2D eigenvalue weighted by molar-refractivity contribution is 6.03. The number of aliphatic hydroxyl groups is 1. The van der Waals surface area contributed by atoms with Crippen LogP contribution in [-0.2, 0) is 4.79 Å². The molecular weight excluding hydrogens is 430 g/mol. The lowest BCUT2D eigenvalue weighted by atomic mass is 10.1. The fourth-order valence-electron chi connectivity index (χ4n) is 3.50. The fourth-order valence-corrected chi connectivity index (χ4v) is 3.50. The number of carbonyl (C=O) groups is 2. The van der Waals surface area contributed by atoms with Gasteiger partial charge in [-0.3, -0.25) is 14.6 Å². The molecule has 0 aliphatic carbocycles. The minimum absolute atomic E-state index is 0.0189. The number of nitrogens with zero attached hydrogens (tertiary/aromatic N) is 2. The van der Waals surface area contributed by atoms with E-state index in [0.29, 0.717) is 17.0 Å². The van der Waals surface area contributed by atoms with Crippen molar-refractivity contribution in [3.05, 3.63) is 78.1 Å². The largest absolute Gasteiger partial charge is 0.489 e. The van der Waals surface area contributed by atoms with Gasteiger partial charge in [0.25, 0.3) is 11.8 Å². The Bertz CT molecular complexity index is 1290. The number of likely N-dealkylation sites (N-methyl/N-ethyl adjacent to an activating group) is 1. The van der Waals surface area contributed by atoms with Crippen LogP contribution >= 0.6 is 0 Å². The Morgan fingerprint density at radius 3 is 2.65 bits per heavy atom. The van der Waals surface area contributed by atoms with E-state index >= 15 is 0 Å². The molecule has 0 bridgehead atoms. The van der Waals surface area contributed by atoms with Crippen LogP contribution in [0.25, 0.3) is 11.1 Å². The first-order chi connectivity index (χ1) is 16.2. The molecule has 34 heavy (non-hydrogen) atoms. The van der Waals surface area contributed by atoms with Crippen molar-refractivity contribution in [3.8, 4) is 28.7 Å². The van der Waals surface area contributed by atoms with Crippen molar-refractivity contribution in [1.82, 2.24) is 10.3 Å². The Labute approximate surface area is 198 Å². The molecule has 0 saturated carbocycles. The molecule has 4 rings (SSSR count). The molecule has 1 atom stereocenters. The summed E-state index contributed by atoms with van der Waals surface area (Å²) in [6.45, 7) is 3.18. The quantitative estimate of drug-likeness (QED) is 0.593. The molecule has 2 heterocycles. The van der Waals surface area contributed by atoms with Gasteiger partial charge in [-0.2, -0.15) is 0 Å². The van der Waals surface area contributed by atoms with Crippen LogP contribution in [0.15, 0.2) is 66.9 Å². The maximum atomic E-state index is 13.1. The zero-order valence-electron chi connectivity index (χ0n) is 19.2. The summed E-state index contributed by atoms with van der Waals surface area (Å²) in [6.07, 6.45) is 1.57. The summed E-state index contributed by atoms with van der Waals surface area (Å²) in [5, 5.41) is 12.6. The van der Waals surface area contributed by atoms with Crippen molar-refractivity contribution < 1.29 is 19.4 Å². The number of benzene rings is 2. The number of fused-ring (bicyclic) bond motifs is 1. The molecule has 7 nitrogen and oxygen atoms in total. The predicted octanol–water partition coefficient (Wildman–Crippen LogP) is 3.02. The smallest absolute Gasteiger partial charge is 0.270 e. The lowest BCUT2D eigenvalue weighted by Gasteiger charge is -2.20. The molecule has 172 valence electrons. The van der Waals surface area contributed by atoms with Gasteiger partial charge in [0.15, 0.2) is 0 Å². The first-order valence-electron chi connectivity index (χ1n) is 10.8. The van der Waals surface area contributed by atoms with Gasteiger partial charge in [0.05, 0.1) is 5.69 Å². The van der Waals surface area contributed by atoms with E-state index in [0.717, 1.165) is 11.1 Å². The number of hydrogen-bond donors (Lipinski definition) is 2. The molecule has 2 aromatic carbocycles. The monoisotopic (exact) mass is 455 g/mol. The van der Waals surface area contributed by atoms with E-state index in [4.69, 9.17) is 4.74 Å². The number of pyridine rings is 1. The fraction of sp³-hybridized carbons (Fsp3) is 0.222. The molecule has 0 fully saturated rings. The van der Waals surface area contributed by atoms with Gasteiger partial charge < -0.3 is 20.1 Å². The first-order valence-corrected chi connectivity index (χ1v) is 10.8. The van der Waals surface area contributed by atoms with Gasteiger partial charge in [0.1, 0.15) is 29.7 Å². The zero-order chi connectivity index (χ0) is 24.3. The Morgan fingerprint density at radius 1 is 1.15 bits per heavy atom. The average Bonchev–Trinajstić information content (AvgIpc) is 2.95. The number of rotatable bonds is 3. The number of hydrogen-bond acceptors (Lipinski definition) is 5. The second kappa shape index (κ2) is 9.38. The number of carbonyl (C=O) groups excluding carboxylic acids is 2. The van der Waals surface area contributed by atoms with Crippen LogP contribution in [0.4, 0.5) is 5.69 Å². The lowest BCUT2D eigenvalue weighted by molar-refractivity contribution is -0.120. The van der Waals surface area contributed by atoms with E-state index in [2.05, 4.69) is 22.1 Å². The standard InChI is InChI=1S/C27H25N3O4/c1-27(2,33)13-11-18-9-10-24-23(15-18)30(3)26(32)22(17-34-24)29-25(31)21-16-20(12-14-28-21)19-7-5-4-6-8-19/h4-10,12,14-16,22,33H,17H2,1-3H3,(H,29,31). The lowest BCUT2D eigenvalue weighted by Crippen LogP contribution is -2.49. The normalized spacial score (nSPS) is 15.4. The molecule has 0 spiro atoms. The molecule has 1 unspecified atom stereocenters. The summed E-state index contributed by atoms with van der Waals surface area (Å²) in [5.41, 5.74) is 2.07. The van der Waals surface area contributed by atoms with Gasteiger partial charge >= 0.3 is 0 Å². The Balaban J connectivity index is 1.52. The number of anilines is 1. The third kappa shape index (κ3) is 5.25. The van der Waals surface area contributed by atoms with Crippen LogP contribution < -0.4 is 15.0 Å². The molecule has 1 aliphatic heterocycles. The molecular formula is C27H25N3O4. The van der Waals surface area contributed by atoms with Crippen molar-refractivity contribution in [3.63, 3.8) is 0 Å². The van der Waals surface area contributed by atoms with Gasteiger partial charge in [-0.1, -0.05) is 42.2 Å². The zero-order valence-corrected chi connectivity index (χ0v) is 19.2. The van der Waals surface area contributed by atoms with E-state index < -0.39 is 17.6 Å². The average molecular weight is 456 g/mol. The summed E-state index contributed by atoms with van der Waals surface area (Å²) < 4.78 is 5.84. The van der Waals surface area contributed by atoms with Crippen molar-refractivity contribution in [2.45, 2.75) is 25.5 Å². The van der Waals surface area contributed by atoms with Gasteiger partial charge in [-0.05, 0) is 55.3 Å². The van der Waals surface area contributed by atoms with Crippen molar-refractivity contribution in [2.75, 3.05) is 18.6 Å². The molecule has 2 N–H and O–H groups in total. The Hall–Kier alpha value is -4.15. The van der Waals surface area contributed by atoms with E-state index in [1.165, 1.54) is 4.90 Å². The predicted molar refractivity (Wildman–Crippen MR) is 129 cm³/mol. The molecule has 1 aliphatic rings. The number of nitrogens with one attached hydrogen (secondary N) is 1. The summed E-state index contributed by atoms with van der Waals surface area (Å²) in [4.78, 5) is 31.7. The maximum Gasteiger partial charge on any atom is 0.270 e. The maximum absolute atomic E-state index is 13.1. The van der Waals surface area contributed by atoms with Gasteiger partial charge in [0.2, 0.25) is 0 Å². The second-order valence-corrected chi connectivity index (χ2v) is 8.52. The van der Waals surface area contributed by atoms with Crippen LogP contribution in [-0.4, -0.2) is 47.2 Å². The van der Waals surface area contributed by atoms with Crippen molar-refractivity contribution >= 4 is 17.5 Å². The third-order valence-electron chi connectivity index (χ3n) is 5.27. The Morgan fingerprint density at radius 2 is 1.91 bits per heavy atom. The van der Waals surface area contributed by atoms with Crippen LogP contribution in [0.3, 0.4) is 0 Å². The number of aromatic nitrogens is 1. The highest BCUT2D eigenvalue weighted by Crippen LogP contribution is 2.31. The molecule has 2 amide bonds. The van der Waals surface area contributed by atoms with Crippen LogP contribution in [0, 0.1) is 11.8 Å². The SMILES string of the molecule is CN1C(=O)C(NC(=O)c2cc(-c3ccccc3)ccn2)COc2ccc(C#CC(C)(C)O)cc21. The molecule has 3 aromatic rings. The minimum Gasteiger partial charge on any atom is -0.489 e. The molecule has 0 saturated heterocycles. The molecule has 0 radical (unpaired) electrons. The first kappa shape index (κ1) is 23.0. The highest BCUT2D eigenvalue weighted by atomic mass is 16.5. The van der Waals surface area contributed by atoms with Crippen LogP contribution in [0.2, 0.25) is 0 Å². The summed E-state index contributed by atoms with van der Waals surface area (Å²) >= 11 is 0. The second-order valence-electron chi connectivity index (χ2n) is 8.52.